The number of allylic oxidation sites excluding steroid dienone is 1. The molecule has 2 rings (SSSR count). The summed E-state index contributed by atoms with van der Waals surface area (Å²) in [5, 5.41) is 3.51. The summed E-state index contributed by atoms with van der Waals surface area (Å²) in [6.45, 7) is 7.36. The third kappa shape index (κ3) is 5.33. The summed E-state index contributed by atoms with van der Waals surface area (Å²) in [5.41, 5.74) is 2.10. The highest BCUT2D eigenvalue weighted by Gasteiger charge is 2.21. The molecule has 0 saturated heterocycles. The SMILES string of the molecule is C=CCCCCCOc1ccc(C)nc1CNC1CC1. The molecule has 1 fully saturated rings. The molecule has 20 heavy (non-hydrogen) atoms. The summed E-state index contributed by atoms with van der Waals surface area (Å²) in [4.78, 5) is 4.60. The molecule has 110 valence electrons. The fraction of sp³-hybridized carbons (Fsp3) is 0.588. The van der Waals surface area contributed by atoms with Crippen LogP contribution in [-0.4, -0.2) is 17.6 Å². The second kappa shape index (κ2) is 8.05. The topological polar surface area (TPSA) is 34.1 Å². The minimum absolute atomic E-state index is 0.698. The molecule has 0 aromatic carbocycles. The highest BCUT2D eigenvalue weighted by molar-refractivity contribution is 5.29. The summed E-state index contributed by atoms with van der Waals surface area (Å²) in [6, 6.07) is 4.77. The van der Waals surface area contributed by atoms with Crippen molar-refractivity contribution in [2.24, 2.45) is 0 Å². The molecular formula is C17H26N2O. The third-order valence-electron chi connectivity index (χ3n) is 3.52. The molecule has 1 aromatic rings. The van der Waals surface area contributed by atoms with E-state index in [1.54, 1.807) is 0 Å². The van der Waals surface area contributed by atoms with Gasteiger partial charge in [0.1, 0.15) is 5.75 Å². The van der Waals surface area contributed by atoms with Gasteiger partial charge in [0.25, 0.3) is 0 Å². The molecule has 1 aromatic heterocycles. The van der Waals surface area contributed by atoms with Gasteiger partial charge in [-0.1, -0.05) is 6.08 Å². The Morgan fingerprint density at radius 2 is 2.20 bits per heavy atom. The first-order chi connectivity index (χ1) is 9.79. The third-order valence-corrected chi connectivity index (χ3v) is 3.52. The normalized spacial score (nSPS) is 14.2. The molecule has 0 spiro atoms. The molecule has 0 unspecified atom stereocenters. The number of rotatable bonds is 10. The lowest BCUT2D eigenvalue weighted by molar-refractivity contribution is 0.300. The molecule has 0 radical (unpaired) electrons. The minimum Gasteiger partial charge on any atom is -0.492 e. The van der Waals surface area contributed by atoms with Crippen LogP contribution in [-0.2, 0) is 6.54 Å². The quantitative estimate of drug-likeness (QED) is 0.521. The number of nitrogens with zero attached hydrogens (tertiary/aromatic N) is 1. The molecule has 0 atom stereocenters. The summed E-state index contributed by atoms with van der Waals surface area (Å²) >= 11 is 0. The Morgan fingerprint density at radius 3 is 2.95 bits per heavy atom. The Labute approximate surface area is 122 Å². The van der Waals surface area contributed by atoms with Crippen LogP contribution in [0.5, 0.6) is 5.75 Å². The fourth-order valence-electron chi connectivity index (χ4n) is 2.13. The van der Waals surface area contributed by atoms with E-state index in [9.17, 15) is 0 Å². The van der Waals surface area contributed by atoms with Gasteiger partial charge in [-0.25, -0.2) is 0 Å². The van der Waals surface area contributed by atoms with Crippen LogP contribution >= 0.6 is 0 Å². The van der Waals surface area contributed by atoms with E-state index in [2.05, 4.69) is 22.9 Å². The molecule has 1 N–H and O–H groups in total. The van der Waals surface area contributed by atoms with Crippen molar-refractivity contribution >= 4 is 0 Å². The van der Waals surface area contributed by atoms with Crippen molar-refractivity contribution in [3.63, 3.8) is 0 Å². The van der Waals surface area contributed by atoms with E-state index in [0.29, 0.717) is 6.04 Å². The summed E-state index contributed by atoms with van der Waals surface area (Å²) in [5.74, 6) is 0.937. The van der Waals surface area contributed by atoms with Gasteiger partial charge < -0.3 is 10.1 Å². The number of ether oxygens (including phenoxy) is 1. The molecule has 0 aliphatic heterocycles. The number of nitrogens with one attached hydrogen (secondary N) is 1. The van der Waals surface area contributed by atoms with E-state index in [1.807, 2.05) is 19.1 Å². The van der Waals surface area contributed by atoms with Crippen molar-refractivity contribution in [1.29, 1.82) is 0 Å². The van der Waals surface area contributed by atoms with Crippen molar-refractivity contribution in [2.75, 3.05) is 6.61 Å². The van der Waals surface area contributed by atoms with Crippen LogP contribution < -0.4 is 10.1 Å². The highest BCUT2D eigenvalue weighted by atomic mass is 16.5. The zero-order valence-electron chi connectivity index (χ0n) is 12.5. The van der Waals surface area contributed by atoms with Gasteiger partial charge in [0.2, 0.25) is 0 Å². The molecule has 3 nitrogen and oxygen atoms in total. The van der Waals surface area contributed by atoms with Gasteiger partial charge in [-0.15, -0.1) is 6.58 Å². The zero-order chi connectivity index (χ0) is 14.2. The Hall–Kier alpha value is -1.35. The van der Waals surface area contributed by atoms with E-state index < -0.39 is 0 Å². The first-order valence-electron chi connectivity index (χ1n) is 7.73. The first-order valence-corrected chi connectivity index (χ1v) is 7.73. The van der Waals surface area contributed by atoms with Crippen LogP contribution in [0.1, 0.15) is 49.9 Å². The van der Waals surface area contributed by atoms with Gasteiger partial charge >= 0.3 is 0 Å². The predicted octanol–water partition coefficient (Wildman–Crippen LogP) is 3.77. The zero-order valence-corrected chi connectivity index (χ0v) is 12.5. The smallest absolute Gasteiger partial charge is 0.142 e. The lowest BCUT2D eigenvalue weighted by atomic mass is 10.2. The van der Waals surface area contributed by atoms with Crippen molar-refractivity contribution in [3.05, 3.63) is 36.2 Å². The lowest BCUT2D eigenvalue weighted by Crippen LogP contribution is -2.17. The van der Waals surface area contributed by atoms with E-state index in [0.717, 1.165) is 43.1 Å². The summed E-state index contributed by atoms with van der Waals surface area (Å²) < 4.78 is 5.90. The Morgan fingerprint density at radius 1 is 1.35 bits per heavy atom. The van der Waals surface area contributed by atoms with Crippen molar-refractivity contribution in [3.8, 4) is 5.75 Å². The van der Waals surface area contributed by atoms with Gasteiger partial charge in [0, 0.05) is 18.3 Å². The Balaban J connectivity index is 1.77. The maximum atomic E-state index is 5.90. The van der Waals surface area contributed by atoms with Gasteiger partial charge in [-0.3, -0.25) is 4.98 Å². The van der Waals surface area contributed by atoms with E-state index in [4.69, 9.17) is 4.74 Å². The average Bonchev–Trinajstić information content (AvgIpc) is 3.26. The van der Waals surface area contributed by atoms with Crippen molar-refractivity contribution < 1.29 is 4.74 Å². The molecule has 1 aliphatic rings. The van der Waals surface area contributed by atoms with Crippen LogP contribution in [0.3, 0.4) is 0 Å². The number of hydrogen-bond donors (Lipinski definition) is 1. The number of aromatic nitrogens is 1. The number of aryl methyl sites for hydroxylation is 1. The van der Waals surface area contributed by atoms with Crippen LogP contribution in [0.4, 0.5) is 0 Å². The predicted molar refractivity (Wildman–Crippen MR) is 83.0 cm³/mol. The fourth-order valence-corrected chi connectivity index (χ4v) is 2.13. The van der Waals surface area contributed by atoms with Crippen LogP contribution in [0.2, 0.25) is 0 Å². The second-order valence-electron chi connectivity index (χ2n) is 5.54. The van der Waals surface area contributed by atoms with Crippen LogP contribution in [0.15, 0.2) is 24.8 Å². The van der Waals surface area contributed by atoms with Crippen LogP contribution in [0, 0.1) is 6.92 Å². The first kappa shape index (κ1) is 15.0. The second-order valence-corrected chi connectivity index (χ2v) is 5.54. The number of unbranched alkanes of at least 4 members (excludes halogenated alkanes) is 3. The monoisotopic (exact) mass is 274 g/mol. The van der Waals surface area contributed by atoms with Crippen molar-refractivity contribution in [2.45, 2.75) is 58.0 Å². The molecular weight excluding hydrogens is 248 g/mol. The largest absolute Gasteiger partial charge is 0.492 e. The maximum absolute atomic E-state index is 5.90. The molecule has 1 heterocycles. The van der Waals surface area contributed by atoms with Gasteiger partial charge in [0.15, 0.2) is 0 Å². The standard InChI is InChI=1S/C17H26N2O/c1-3-4-5-6-7-12-20-17-11-8-14(2)19-16(17)13-18-15-9-10-15/h3,8,11,15,18H,1,4-7,9-10,12-13H2,2H3. The Kier molecular flexibility index (Phi) is 6.06. The van der Waals surface area contributed by atoms with Gasteiger partial charge in [-0.2, -0.15) is 0 Å². The minimum atomic E-state index is 0.698. The molecule has 3 heteroatoms. The highest BCUT2D eigenvalue weighted by Crippen LogP contribution is 2.22. The maximum Gasteiger partial charge on any atom is 0.142 e. The summed E-state index contributed by atoms with van der Waals surface area (Å²) in [7, 11) is 0. The lowest BCUT2D eigenvalue weighted by Gasteiger charge is -2.12. The van der Waals surface area contributed by atoms with Crippen molar-refractivity contribution in [1.82, 2.24) is 10.3 Å². The summed E-state index contributed by atoms with van der Waals surface area (Å²) in [6.07, 6.45) is 9.17. The molecule has 1 saturated carbocycles. The number of hydrogen-bond acceptors (Lipinski definition) is 3. The van der Waals surface area contributed by atoms with Gasteiger partial charge in [0.05, 0.1) is 12.3 Å². The van der Waals surface area contributed by atoms with E-state index >= 15 is 0 Å². The van der Waals surface area contributed by atoms with Gasteiger partial charge in [-0.05, 0) is 57.6 Å². The molecule has 1 aliphatic carbocycles. The average molecular weight is 274 g/mol. The van der Waals surface area contributed by atoms with E-state index in [-0.39, 0.29) is 0 Å². The van der Waals surface area contributed by atoms with E-state index in [1.165, 1.54) is 25.7 Å². The molecule has 0 bridgehead atoms. The van der Waals surface area contributed by atoms with Crippen LogP contribution in [0.25, 0.3) is 0 Å². The molecule has 0 amide bonds. The number of pyridine rings is 1. The Bertz CT molecular complexity index is 427.